The maximum Gasteiger partial charge on any atom is 0.270 e. The zero-order valence-corrected chi connectivity index (χ0v) is 16.4. The number of nitrogens with zero attached hydrogens (tertiary/aromatic N) is 2. The Morgan fingerprint density at radius 2 is 1.79 bits per heavy atom. The number of hydrogen-bond donors (Lipinski definition) is 2. The molecule has 144 valence electrons. The SMILES string of the molecule is CC(C)NC(=O)c1ccnc(Nc2ccc(OCc3ccc(Cl)cc3)cc2)n1. The average molecular weight is 397 g/mol. The summed E-state index contributed by atoms with van der Waals surface area (Å²) >= 11 is 5.88. The van der Waals surface area contributed by atoms with Gasteiger partial charge in [0.1, 0.15) is 18.1 Å². The van der Waals surface area contributed by atoms with Crippen LogP contribution in [0.1, 0.15) is 29.9 Å². The average Bonchev–Trinajstić information content (AvgIpc) is 2.68. The largest absolute Gasteiger partial charge is 0.489 e. The zero-order chi connectivity index (χ0) is 19.9. The number of amides is 1. The second kappa shape index (κ2) is 9.19. The number of ether oxygens (including phenoxy) is 1. The summed E-state index contributed by atoms with van der Waals surface area (Å²) in [4.78, 5) is 20.5. The molecule has 0 fully saturated rings. The Morgan fingerprint density at radius 3 is 2.46 bits per heavy atom. The number of aromatic nitrogens is 2. The molecule has 0 spiro atoms. The lowest BCUT2D eigenvalue weighted by Gasteiger charge is -2.10. The van der Waals surface area contributed by atoms with E-state index in [0.29, 0.717) is 23.3 Å². The number of halogens is 1. The molecule has 1 amide bonds. The summed E-state index contributed by atoms with van der Waals surface area (Å²) in [7, 11) is 0. The Hall–Kier alpha value is -3.12. The fourth-order valence-electron chi connectivity index (χ4n) is 2.39. The van der Waals surface area contributed by atoms with Crippen molar-refractivity contribution in [1.82, 2.24) is 15.3 Å². The summed E-state index contributed by atoms with van der Waals surface area (Å²) in [6.45, 7) is 4.25. The molecule has 0 bridgehead atoms. The number of benzene rings is 2. The lowest BCUT2D eigenvalue weighted by atomic mass is 10.2. The van der Waals surface area contributed by atoms with Crippen LogP contribution in [0.3, 0.4) is 0 Å². The molecule has 0 atom stereocenters. The van der Waals surface area contributed by atoms with E-state index in [-0.39, 0.29) is 11.9 Å². The van der Waals surface area contributed by atoms with Crippen LogP contribution >= 0.6 is 11.6 Å². The summed E-state index contributed by atoms with van der Waals surface area (Å²) in [5, 5.41) is 6.60. The highest BCUT2D eigenvalue weighted by Crippen LogP contribution is 2.19. The first kappa shape index (κ1) is 19.6. The van der Waals surface area contributed by atoms with Crippen LogP contribution in [-0.4, -0.2) is 21.9 Å². The van der Waals surface area contributed by atoms with Gasteiger partial charge >= 0.3 is 0 Å². The number of rotatable bonds is 7. The van der Waals surface area contributed by atoms with Crippen LogP contribution in [0.2, 0.25) is 5.02 Å². The predicted octanol–water partition coefficient (Wildman–Crippen LogP) is 4.59. The number of nitrogens with one attached hydrogen (secondary N) is 2. The van der Waals surface area contributed by atoms with E-state index in [1.807, 2.05) is 62.4 Å². The number of carbonyl (C=O) groups excluding carboxylic acids is 1. The predicted molar refractivity (Wildman–Crippen MR) is 110 cm³/mol. The van der Waals surface area contributed by atoms with Crippen molar-refractivity contribution in [3.05, 3.63) is 77.1 Å². The minimum absolute atomic E-state index is 0.0410. The molecule has 1 aromatic heterocycles. The highest BCUT2D eigenvalue weighted by atomic mass is 35.5. The number of carbonyl (C=O) groups is 1. The van der Waals surface area contributed by atoms with Gasteiger partial charge in [-0.15, -0.1) is 0 Å². The summed E-state index contributed by atoms with van der Waals surface area (Å²) in [5.74, 6) is 0.865. The van der Waals surface area contributed by atoms with Gasteiger partial charge in [0.25, 0.3) is 5.91 Å². The van der Waals surface area contributed by atoms with Crippen molar-refractivity contribution in [2.24, 2.45) is 0 Å². The zero-order valence-electron chi connectivity index (χ0n) is 15.6. The molecule has 28 heavy (non-hydrogen) atoms. The minimum Gasteiger partial charge on any atom is -0.489 e. The first-order valence-corrected chi connectivity index (χ1v) is 9.25. The number of anilines is 2. The highest BCUT2D eigenvalue weighted by molar-refractivity contribution is 6.30. The highest BCUT2D eigenvalue weighted by Gasteiger charge is 2.10. The van der Waals surface area contributed by atoms with Crippen LogP contribution in [0.25, 0.3) is 0 Å². The Morgan fingerprint density at radius 1 is 1.07 bits per heavy atom. The van der Waals surface area contributed by atoms with E-state index in [1.54, 1.807) is 12.3 Å². The van der Waals surface area contributed by atoms with Crippen molar-refractivity contribution < 1.29 is 9.53 Å². The third-order valence-electron chi connectivity index (χ3n) is 3.74. The summed E-state index contributed by atoms with van der Waals surface area (Å²) in [5.41, 5.74) is 2.14. The molecule has 6 nitrogen and oxygen atoms in total. The van der Waals surface area contributed by atoms with Gasteiger partial charge in [-0.05, 0) is 61.9 Å². The van der Waals surface area contributed by atoms with Crippen molar-refractivity contribution in [2.45, 2.75) is 26.5 Å². The van der Waals surface area contributed by atoms with E-state index in [1.165, 1.54) is 0 Å². The molecule has 0 aliphatic rings. The molecular formula is C21H21ClN4O2. The van der Waals surface area contributed by atoms with E-state index in [9.17, 15) is 4.79 Å². The topological polar surface area (TPSA) is 76.1 Å². The first-order chi connectivity index (χ1) is 13.5. The van der Waals surface area contributed by atoms with Gasteiger partial charge in [-0.25, -0.2) is 9.97 Å². The first-order valence-electron chi connectivity index (χ1n) is 8.88. The van der Waals surface area contributed by atoms with Crippen molar-refractivity contribution in [3.63, 3.8) is 0 Å². The third-order valence-corrected chi connectivity index (χ3v) is 3.99. The van der Waals surface area contributed by atoms with Gasteiger partial charge in [-0.3, -0.25) is 4.79 Å². The van der Waals surface area contributed by atoms with Crippen LogP contribution in [0, 0.1) is 0 Å². The molecule has 0 saturated heterocycles. The second-order valence-electron chi connectivity index (χ2n) is 6.46. The molecule has 7 heteroatoms. The third kappa shape index (κ3) is 5.69. The molecule has 3 rings (SSSR count). The molecule has 2 N–H and O–H groups in total. The quantitative estimate of drug-likeness (QED) is 0.610. The summed E-state index contributed by atoms with van der Waals surface area (Å²) in [6.07, 6.45) is 1.55. The van der Waals surface area contributed by atoms with E-state index in [2.05, 4.69) is 20.6 Å². The van der Waals surface area contributed by atoms with Gasteiger partial charge in [-0.1, -0.05) is 23.7 Å². The molecule has 1 heterocycles. The summed E-state index contributed by atoms with van der Waals surface area (Å²) in [6, 6.07) is 16.6. The van der Waals surface area contributed by atoms with Gasteiger partial charge in [0.2, 0.25) is 5.95 Å². The van der Waals surface area contributed by atoms with E-state index in [4.69, 9.17) is 16.3 Å². The lowest BCUT2D eigenvalue weighted by molar-refractivity contribution is 0.0938. The summed E-state index contributed by atoms with van der Waals surface area (Å²) < 4.78 is 5.77. The molecule has 0 aliphatic heterocycles. The normalized spacial score (nSPS) is 10.6. The Labute approximate surface area is 168 Å². The molecule has 0 saturated carbocycles. The smallest absolute Gasteiger partial charge is 0.270 e. The molecule has 0 aliphatic carbocycles. The van der Waals surface area contributed by atoms with Crippen LogP contribution in [0.15, 0.2) is 60.8 Å². The lowest BCUT2D eigenvalue weighted by Crippen LogP contribution is -2.30. The van der Waals surface area contributed by atoms with Gasteiger partial charge in [-0.2, -0.15) is 0 Å². The molecule has 3 aromatic rings. The molecule has 2 aromatic carbocycles. The standard InChI is InChI=1S/C21H21ClN4O2/c1-14(2)24-20(27)19-11-12-23-21(26-19)25-17-7-9-18(10-8-17)28-13-15-3-5-16(22)6-4-15/h3-12,14H,13H2,1-2H3,(H,24,27)(H,23,25,26). The fourth-order valence-corrected chi connectivity index (χ4v) is 2.52. The van der Waals surface area contributed by atoms with Crippen LogP contribution in [0.5, 0.6) is 5.75 Å². The van der Waals surface area contributed by atoms with Gasteiger partial charge < -0.3 is 15.4 Å². The van der Waals surface area contributed by atoms with E-state index >= 15 is 0 Å². The van der Waals surface area contributed by atoms with E-state index in [0.717, 1.165) is 17.0 Å². The molecule has 0 radical (unpaired) electrons. The Balaban J connectivity index is 1.59. The minimum atomic E-state index is -0.230. The van der Waals surface area contributed by atoms with Crippen molar-refractivity contribution in [3.8, 4) is 5.75 Å². The second-order valence-corrected chi connectivity index (χ2v) is 6.89. The number of hydrogen-bond acceptors (Lipinski definition) is 5. The monoisotopic (exact) mass is 396 g/mol. The van der Waals surface area contributed by atoms with Crippen LogP contribution in [-0.2, 0) is 6.61 Å². The fraction of sp³-hybridized carbons (Fsp3) is 0.190. The molecule has 0 unspecified atom stereocenters. The Kier molecular flexibility index (Phi) is 6.45. The van der Waals surface area contributed by atoms with Crippen LogP contribution < -0.4 is 15.4 Å². The van der Waals surface area contributed by atoms with Crippen molar-refractivity contribution >= 4 is 29.1 Å². The van der Waals surface area contributed by atoms with Gasteiger partial charge in [0.05, 0.1) is 0 Å². The maximum atomic E-state index is 12.1. The maximum absolute atomic E-state index is 12.1. The Bertz CT molecular complexity index is 928. The van der Waals surface area contributed by atoms with Crippen molar-refractivity contribution in [2.75, 3.05) is 5.32 Å². The van der Waals surface area contributed by atoms with Crippen LogP contribution in [0.4, 0.5) is 11.6 Å². The molecular weight excluding hydrogens is 376 g/mol. The van der Waals surface area contributed by atoms with Gasteiger partial charge in [0.15, 0.2) is 0 Å². The van der Waals surface area contributed by atoms with Crippen molar-refractivity contribution in [1.29, 1.82) is 0 Å². The van der Waals surface area contributed by atoms with Gasteiger partial charge in [0, 0.05) is 22.9 Å². The van der Waals surface area contributed by atoms with E-state index < -0.39 is 0 Å².